The van der Waals surface area contributed by atoms with Gasteiger partial charge in [-0.3, -0.25) is 4.79 Å². The molecule has 4 heteroatoms. The molecule has 3 nitrogen and oxygen atoms in total. The van der Waals surface area contributed by atoms with Crippen LogP contribution in [-0.2, 0) is 13.1 Å². The fraction of sp³-hybridized carbons (Fsp3) is 0.235. The number of carbonyl (C=O) groups is 1. The molecule has 1 heterocycles. The molecule has 0 spiro atoms. The van der Waals surface area contributed by atoms with E-state index >= 15 is 0 Å². The van der Waals surface area contributed by atoms with Gasteiger partial charge in [-0.1, -0.05) is 30.3 Å². The molecule has 0 atom stereocenters. The summed E-state index contributed by atoms with van der Waals surface area (Å²) < 4.78 is 6.45. The average Bonchev–Trinajstić information content (AvgIpc) is 2.77. The molecule has 3 rings (SSSR count). The lowest BCUT2D eigenvalue weighted by Gasteiger charge is -2.15. The van der Waals surface area contributed by atoms with Crippen molar-refractivity contribution in [2.24, 2.45) is 0 Å². The molecular weight excluding hydrogens is 330 g/mol. The van der Waals surface area contributed by atoms with Gasteiger partial charge in [0.05, 0.1) is 11.1 Å². The molecule has 1 aliphatic heterocycles. The van der Waals surface area contributed by atoms with Crippen LogP contribution in [0.15, 0.2) is 46.9 Å². The maximum atomic E-state index is 12.5. The molecule has 108 valence electrons. The minimum Gasteiger partial charge on any atom is -0.493 e. The molecule has 0 saturated heterocycles. The topological polar surface area (TPSA) is 29.5 Å². The van der Waals surface area contributed by atoms with Gasteiger partial charge in [-0.2, -0.15) is 0 Å². The van der Waals surface area contributed by atoms with Crippen LogP contribution in [0.4, 0.5) is 0 Å². The van der Waals surface area contributed by atoms with Gasteiger partial charge in [-0.05, 0) is 46.1 Å². The zero-order valence-corrected chi connectivity index (χ0v) is 13.4. The van der Waals surface area contributed by atoms with Crippen molar-refractivity contribution in [2.45, 2.75) is 20.0 Å². The second-order valence-corrected chi connectivity index (χ2v) is 5.87. The minimum atomic E-state index is 0.0716. The van der Waals surface area contributed by atoms with E-state index in [0.29, 0.717) is 19.7 Å². The van der Waals surface area contributed by atoms with Gasteiger partial charge < -0.3 is 9.64 Å². The van der Waals surface area contributed by atoms with Gasteiger partial charge in [0.25, 0.3) is 5.91 Å². The van der Waals surface area contributed by atoms with Crippen LogP contribution in [0.25, 0.3) is 0 Å². The first kappa shape index (κ1) is 14.1. The van der Waals surface area contributed by atoms with Crippen molar-refractivity contribution in [3.63, 3.8) is 0 Å². The lowest BCUT2D eigenvalue weighted by atomic mass is 10.1. The van der Waals surface area contributed by atoms with Crippen molar-refractivity contribution in [3.05, 3.63) is 63.6 Å². The van der Waals surface area contributed by atoms with Crippen molar-refractivity contribution in [1.82, 2.24) is 4.90 Å². The quantitative estimate of drug-likeness (QED) is 0.837. The number of fused-ring (bicyclic) bond motifs is 1. The highest BCUT2D eigenvalue weighted by molar-refractivity contribution is 9.10. The molecule has 2 aromatic carbocycles. The SMILES string of the molecule is CCOc1cc2c(cc1Br)CN(Cc1ccccc1)C2=O. The predicted molar refractivity (Wildman–Crippen MR) is 85.3 cm³/mol. The van der Waals surface area contributed by atoms with E-state index in [9.17, 15) is 4.79 Å². The summed E-state index contributed by atoms with van der Waals surface area (Å²) in [5, 5.41) is 0. The van der Waals surface area contributed by atoms with Crippen LogP contribution in [-0.4, -0.2) is 17.4 Å². The summed E-state index contributed by atoms with van der Waals surface area (Å²) in [4.78, 5) is 14.4. The van der Waals surface area contributed by atoms with Gasteiger partial charge >= 0.3 is 0 Å². The number of nitrogens with zero attached hydrogens (tertiary/aromatic N) is 1. The maximum absolute atomic E-state index is 12.5. The Balaban J connectivity index is 1.85. The highest BCUT2D eigenvalue weighted by Gasteiger charge is 2.28. The second kappa shape index (κ2) is 5.90. The zero-order valence-electron chi connectivity index (χ0n) is 11.8. The van der Waals surface area contributed by atoms with E-state index in [1.165, 1.54) is 0 Å². The molecule has 0 radical (unpaired) electrons. The number of benzene rings is 2. The number of hydrogen-bond donors (Lipinski definition) is 0. The van der Waals surface area contributed by atoms with Crippen molar-refractivity contribution < 1.29 is 9.53 Å². The number of ether oxygens (including phenoxy) is 1. The Kier molecular flexibility index (Phi) is 3.97. The first-order valence-electron chi connectivity index (χ1n) is 6.97. The van der Waals surface area contributed by atoms with Crippen molar-refractivity contribution in [3.8, 4) is 5.75 Å². The Bertz CT molecular complexity index is 670. The van der Waals surface area contributed by atoms with E-state index in [0.717, 1.165) is 26.9 Å². The maximum Gasteiger partial charge on any atom is 0.254 e. The van der Waals surface area contributed by atoms with Gasteiger partial charge in [-0.15, -0.1) is 0 Å². The molecule has 21 heavy (non-hydrogen) atoms. The zero-order chi connectivity index (χ0) is 14.8. The number of halogens is 1. The smallest absolute Gasteiger partial charge is 0.254 e. The molecule has 0 fully saturated rings. The number of amides is 1. The first-order chi connectivity index (χ1) is 10.2. The van der Waals surface area contributed by atoms with Gasteiger partial charge in [0.2, 0.25) is 0 Å². The molecular formula is C17H16BrNO2. The molecule has 1 aliphatic rings. The highest BCUT2D eigenvalue weighted by Crippen LogP contribution is 2.34. The lowest BCUT2D eigenvalue weighted by molar-refractivity contribution is 0.0766. The summed E-state index contributed by atoms with van der Waals surface area (Å²) in [6.45, 7) is 3.80. The van der Waals surface area contributed by atoms with Crippen LogP contribution < -0.4 is 4.74 Å². The Hall–Kier alpha value is -1.81. The summed E-state index contributed by atoms with van der Waals surface area (Å²) >= 11 is 3.50. The second-order valence-electron chi connectivity index (χ2n) is 5.02. The Labute approximate surface area is 132 Å². The van der Waals surface area contributed by atoms with Crippen molar-refractivity contribution in [2.75, 3.05) is 6.61 Å². The molecule has 2 aromatic rings. The summed E-state index contributed by atoms with van der Waals surface area (Å²) in [6, 6.07) is 13.9. The molecule has 0 N–H and O–H groups in total. The molecule has 1 amide bonds. The van der Waals surface area contributed by atoms with Crippen LogP contribution >= 0.6 is 15.9 Å². The minimum absolute atomic E-state index is 0.0716. The van der Waals surface area contributed by atoms with E-state index in [-0.39, 0.29) is 5.91 Å². The van der Waals surface area contributed by atoms with Gasteiger partial charge in [-0.25, -0.2) is 0 Å². The van der Waals surface area contributed by atoms with Gasteiger partial charge in [0, 0.05) is 18.7 Å². The Morgan fingerprint density at radius 2 is 2.00 bits per heavy atom. The molecule has 0 aromatic heterocycles. The van der Waals surface area contributed by atoms with E-state index in [1.54, 1.807) is 0 Å². The van der Waals surface area contributed by atoms with Gasteiger partial charge in [0.1, 0.15) is 5.75 Å². The number of carbonyl (C=O) groups excluding carboxylic acids is 1. The van der Waals surface area contributed by atoms with Gasteiger partial charge in [0.15, 0.2) is 0 Å². The normalized spacial score (nSPS) is 13.4. The molecule has 0 saturated carbocycles. The fourth-order valence-corrected chi connectivity index (χ4v) is 3.08. The molecule has 0 aliphatic carbocycles. The first-order valence-corrected chi connectivity index (χ1v) is 7.76. The van der Waals surface area contributed by atoms with Crippen LogP contribution in [0.1, 0.15) is 28.4 Å². The number of rotatable bonds is 4. The summed E-state index contributed by atoms with van der Waals surface area (Å²) in [7, 11) is 0. The van der Waals surface area contributed by atoms with E-state index in [1.807, 2.05) is 54.3 Å². The monoisotopic (exact) mass is 345 g/mol. The van der Waals surface area contributed by atoms with E-state index in [4.69, 9.17) is 4.74 Å². The fourth-order valence-electron chi connectivity index (χ4n) is 2.57. The average molecular weight is 346 g/mol. The van der Waals surface area contributed by atoms with Crippen molar-refractivity contribution in [1.29, 1.82) is 0 Å². The highest BCUT2D eigenvalue weighted by atomic mass is 79.9. The molecule has 0 bridgehead atoms. The molecule has 0 unspecified atom stereocenters. The van der Waals surface area contributed by atoms with Crippen LogP contribution in [0.3, 0.4) is 0 Å². The van der Waals surface area contributed by atoms with Crippen molar-refractivity contribution >= 4 is 21.8 Å². The standard InChI is InChI=1S/C17H16BrNO2/c1-2-21-16-9-14-13(8-15(16)18)11-19(17(14)20)10-12-6-4-3-5-7-12/h3-9H,2,10-11H2,1H3. The Morgan fingerprint density at radius 1 is 1.24 bits per heavy atom. The summed E-state index contributed by atoms with van der Waals surface area (Å²) in [5.74, 6) is 0.800. The summed E-state index contributed by atoms with van der Waals surface area (Å²) in [5.41, 5.74) is 2.94. The third-order valence-electron chi connectivity index (χ3n) is 3.55. The lowest BCUT2D eigenvalue weighted by Crippen LogP contribution is -2.23. The third kappa shape index (κ3) is 2.81. The summed E-state index contributed by atoms with van der Waals surface area (Å²) in [6.07, 6.45) is 0. The van der Waals surface area contributed by atoms with E-state index < -0.39 is 0 Å². The predicted octanol–water partition coefficient (Wildman–Crippen LogP) is 4.00. The third-order valence-corrected chi connectivity index (χ3v) is 4.17. The number of hydrogen-bond acceptors (Lipinski definition) is 2. The largest absolute Gasteiger partial charge is 0.493 e. The van der Waals surface area contributed by atoms with E-state index in [2.05, 4.69) is 15.9 Å². The van der Waals surface area contributed by atoms with Crippen LogP contribution in [0.2, 0.25) is 0 Å². The van der Waals surface area contributed by atoms with Crippen LogP contribution in [0.5, 0.6) is 5.75 Å². The van der Waals surface area contributed by atoms with Crippen LogP contribution in [0, 0.1) is 0 Å². The Morgan fingerprint density at radius 3 is 2.71 bits per heavy atom.